The molecule has 0 saturated carbocycles. The van der Waals surface area contributed by atoms with Gasteiger partial charge < -0.3 is 9.84 Å². The molecule has 2 rings (SSSR count). The van der Waals surface area contributed by atoms with E-state index in [4.69, 9.17) is 9.84 Å². The highest BCUT2D eigenvalue weighted by Crippen LogP contribution is 2.12. The van der Waals surface area contributed by atoms with Gasteiger partial charge in [-0.05, 0) is 30.2 Å². The molecule has 98 valence electrons. The zero-order valence-corrected chi connectivity index (χ0v) is 10.9. The third kappa shape index (κ3) is 3.93. The van der Waals surface area contributed by atoms with Crippen molar-refractivity contribution in [2.75, 3.05) is 6.61 Å². The molecule has 0 atom stereocenters. The van der Waals surface area contributed by atoms with Gasteiger partial charge in [0.25, 0.3) is 0 Å². The van der Waals surface area contributed by atoms with Crippen molar-refractivity contribution in [1.29, 1.82) is 0 Å². The molecule has 3 heteroatoms. The summed E-state index contributed by atoms with van der Waals surface area (Å²) in [6.07, 6.45) is 3.96. The van der Waals surface area contributed by atoms with Crippen LogP contribution < -0.4 is 4.74 Å². The van der Waals surface area contributed by atoms with Gasteiger partial charge in [0.05, 0.1) is 6.61 Å². The first-order chi connectivity index (χ1) is 9.29. The predicted molar refractivity (Wildman–Crippen MR) is 75.9 cm³/mol. The molecule has 0 fully saturated rings. The van der Waals surface area contributed by atoms with Crippen LogP contribution >= 0.6 is 0 Å². The highest BCUT2D eigenvalue weighted by molar-refractivity contribution is 5.48. The van der Waals surface area contributed by atoms with Crippen LogP contribution in [0, 0.1) is 6.92 Å². The average Bonchev–Trinajstić information content (AvgIpc) is 2.45. The van der Waals surface area contributed by atoms with Gasteiger partial charge in [-0.25, -0.2) is 4.98 Å². The van der Waals surface area contributed by atoms with Crippen LogP contribution in [0.2, 0.25) is 0 Å². The Kier molecular flexibility index (Phi) is 4.70. The van der Waals surface area contributed by atoms with Crippen molar-refractivity contribution in [3.8, 4) is 5.88 Å². The summed E-state index contributed by atoms with van der Waals surface area (Å²) >= 11 is 0. The Balaban J connectivity index is 1.89. The number of aryl methyl sites for hydroxylation is 1. The van der Waals surface area contributed by atoms with Gasteiger partial charge in [-0.1, -0.05) is 36.4 Å². The SMILES string of the molecule is Cc1nc(OC/C=C/c2ccccc2)ccc1CO. The first-order valence-electron chi connectivity index (χ1n) is 6.21. The molecule has 1 aromatic carbocycles. The summed E-state index contributed by atoms with van der Waals surface area (Å²) < 4.78 is 5.53. The largest absolute Gasteiger partial charge is 0.473 e. The number of nitrogens with zero attached hydrogens (tertiary/aromatic N) is 1. The number of aromatic nitrogens is 1. The fourth-order valence-corrected chi connectivity index (χ4v) is 1.70. The molecule has 0 unspecified atom stereocenters. The lowest BCUT2D eigenvalue weighted by molar-refractivity contribution is 0.279. The maximum absolute atomic E-state index is 9.06. The highest BCUT2D eigenvalue weighted by atomic mass is 16.5. The summed E-state index contributed by atoms with van der Waals surface area (Å²) in [6.45, 7) is 2.34. The van der Waals surface area contributed by atoms with Gasteiger partial charge in [-0.3, -0.25) is 0 Å². The van der Waals surface area contributed by atoms with Gasteiger partial charge in [0.2, 0.25) is 5.88 Å². The van der Waals surface area contributed by atoms with E-state index in [0.717, 1.165) is 16.8 Å². The lowest BCUT2D eigenvalue weighted by Gasteiger charge is -2.05. The number of aliphatic hydroxyl groups excluding tert-OH is 1. The Bertz CT molecular complexity index is 550. The van der Waals surface area contributed by atoms with Crippen LogP contribution in [-0.4, -0.2) is 16.7 Å². The molecule has 0 amide bonds. The second-order valence-electron chi connectivity index (χ2n) is 4.18. The smallest absolute Gasteiger partial charge is 0.213 e. The van der Waals surface area contributed by atoms with Crippen LogP contribution in [0.15, 0.2) is 48.5 Å². The Morgan fingerprint density at radius 3 is 2.63 bits per heavy atom. The standard InChI is InChI=1S/C16H17NO2/c1-13-15(12-18)9-10-16(17-13)19-11-5-8-14-6-3-2-4-7-14/h2-10,18H,11-12H2,1H3/b8-5+. The van der Waals surface area contributed by atoms with E-state index in [0.29, 0.717) is 12.5 Å². The van der Waals surface area contributed by atoms with Crippen LogP contribution in [-0.2, 0) is 6.61 Å². The van der Waals surface area contributed by atoms with Gasteiger partial charge in [-0.2, -0.15) is 0 Å². The van der Waals surface area contributed by atoms with Crippen LogP contribution in [0.1, 0.15) is 16.8 Å². The molecule has 0 aliphatic rings. The second-order valence-corrected chi connectivity index (χ2v) is 4.18. The zero-order chi connectivity index (χ0) is 13.5. The minimum absolute atomic E-state index is 0.00697. The molecule has 0 aliphatic heterocycles. The third-order valence-corrected chi connectivity index (χ3v) is 2.78. The van der Waals surface area contributed by atoms with Gasteiger partial charge in [0.1, 0.15) is 6.61 Å². The molecule has 19 heavy (non-hydrogen) atoms. The number of rotatable bonds is 5. The number of hydrogen-bond acceptors (Lipinski definition) is 3. The maximum atomic E-state index is 9.06. The first-order valence-corrected chi connectivity index (χ1v) is 6.21. The third-order valence-electron chi connectivity index (χ3n) is 2.78. The molecule has 0 aliphatic carbocycles. The summed E-state index contributed by atoms with van der Waals surface area (Å²) in [5, 5.41) is 9.06. The fourth-order valence-electron chi connectivity index (χ4n) is 1.70. The lowest BCUT2D eigenvalue weighted by Crippen LogP contribution is -1.99. The summed E-state index contributed by atoms with van der Waals surface area (Å²) in [5.41, 5.74) is 2.77. The molecule has 0 radical (unpaired) electrons. The number of ether oxygens (including phenoxy) is 1. The predicted octanol–water partition coefficient (Wildman–Crippen LogP) is 2.97. The second kappa shape index (κ2) is 6.71. The lowest BCUT2D eigenvalue weighted by atomic mass is 10.2. The van der Waals surface area contributed by atoms with Crippen LogP contribution in [0.4, 0.5) is 0 Å². The molecule has 0 bridgehead atoms. The van der Waals surface area contributed by atoms with E-state index in [1.165, 1.54) is 0 Å². The van der Waals surface area contributed by atoms with E-state index in [-0.39, 0.29) is 6.61 Å². The normalized spacial score (nSPS) is 10.8. The molecular weight excluding hydrogens is 238 g/mol. The molecular formula is C16H17NO2. The zero-order valence-electron chi connectivity index (χ0n) is 10.9. The van der Waals surface area contributed by atoms with E-state index in [2.05, 4.69) is 4.98 Å². The van der Waals surface area contributed by atoms with Gasteiger partial charge in [-0.15, -0.1) is 0 Å². The van der Waals surface area contributed by atoms with Gasteiger partial charge in [0, 0.05) is 11.8 Å². The first kappa shape index (κ1) is 13.3. The average molecular weight is 255 g/mol. The molecule has 1 heterocycles. The fraction of sp³-hybridized carbons (Fsp3) is 0.188. The summed E-state index contributed by atoms with van der Waals surface area (Å²) in [7, 11) is 0. The maximum Gasteiger partial charge on any atom is 0.213 e. The summed E-state index contributed by atoms with van der Waals surface area (Å²) in [6, 6.07) is 13.7. The van der Waals surface area contributed by atoms with E-state index in [9.17, 15) is 0 Å². The van der Waals surface area contributed by atoms with Crippen molar-refractivity contribution in [3.05, 3.63) is 65.4 Å². The molecule has 0 saturated heterocycles. The Morgan fingerprint density at radius 1 is 1.16 bits per heavy atom. The van der Waals surface area contributed by atoms with Gasteiger partial charge >= 0.3 is 0 Å². The number of hydrogen-bond donors (Lipinski definition) is 1. The Labute approximate surface area is 113 Å². The topological polar surface area (TPSA) is 42.4 Å². The minimum Gasteiger partial charge on any atom is -0.473 e. The van der Waals surface area contributed by atoms with Crippen molar-refractivity contribution in [2.45, 2.75) is 13.5 Å². The highest BCUT2D eigenvalue weighted by Gasteiger charge is 2.00. The molecule has 1 aromatic heterocycles. The van der Waals surface area contributed by atoms with Crippen molar-refractivity contribution in [1.82, 2.24) is 4.98 Å². The molecule has 2 aromatic rings. The molecule has 0 spiro atoms. The molecule has 3 nitrogen and oxygen atoms in total. The summed E-state index contributed by atoms with van der Waals surface area (Å²) in [4.78, 5) is 4.27. The van der Waals surface area contributed by atoms with Crippen LogP contribution in [0.25, 0.3) is 6.08 Å². The summed E-state index contributed by atoms with van der Waals surface area (Å²) in [5.74, 6) is 0.576. The van der Waals surface area contributed by atoms with Crippen molar-refractivity contribution >= 4 is 6.08 Å². The Morgan fingerprint density at radius 2 is 1.95 bits per heavy atom. The van der Waals surface area contributed by atoms with Crippen LogP contribution in [0.3, 0.4) is 0 Å². The number of aliphatic hydroxyl groups is 1. The van der Waals surface area contributed by atoms with E-state index >= 15 is 0 Å². The Hall–Kier alpha value is -2.13. The van der Waals surface area contributed by atoms with Crippen molar-refractivity contribution in [3.63, 3.8) is 0 Å². The van der Waals surface area contributed by atoms with Crippen molar-refractivity contribution in [2.24, 2.45) is 0 Å². The minimum atomic E-state index is 0.00697. The van der Waals surface area contributed by atoms with E-state index in [1.807, 2.05) is 55.5 Å². The van der Waals surface area contributed by atoms with Crippen molar-refractivity contribution < 1.29 is 9.84 Å². The molecule has 1 N–H and O–H groups in total. The van der Waals surface area contributed by atoms with E-state index in [1.54, 1.807) is 6.07 Å². The number of benzene rings is 1. The number of pyridine rings is 1. The quantitative estimate of drug-likeness (QED) is 0.893. The van der Waals surface area contributed by atoms with Crippen LogP contribution in [0.5, 0.6) is 5.88 Å². The van der Waals surface area contributed by atoms with E-state index < -0.39 is 0 Å². The monoisotopic (exact) mass is 255 g/mol. The van der Waals surface area contributed by atoms with Gasteiger partial charge in [0.15, 0.2) is 0 Å².